The maximum Gasteiger partial charge on any atom is 0.306 e. The van der Waals surface area contributed by atoms with Gasteiger partial charge in [0, 0.05) is 19.3 Å². The number of allylic oxidation sites excluding steroid dienone is 14. The third-order valence-electron chi connectivity index (χ3n) is 12.4. The Morgan fingerprint density at radius 3 is 0.884 bits per heavy atom. The highest BCUT2D eigenvalue weighted by Crippen LogP contribution is 2.16. The lowest BCUT2D eigenvalue weighted by Gasteiger charge is -2.18. The lowest BCUT2D eigenvalue weighted by molar-refractivity contribution is -0.167. The van der Waals surface area contributed by atoms with Crippen LogP contribution in [-0.4, -0.2) is 37.2 Å². The first-order valence-corrected chi connectivity index (χ1v) is 29.1. The van der Waals surface area contributed by atoms with Crippen molar-refractivity contribution >= 4 is 17.9 Å². The number of ether oxygens (including phenoxy) is 3. The summed E-state index contributed by atoms with van der Waals surface area (Å²) < 4.78 is 16.8. The molecular weight excluding hydrogens is 853 g/mol. The van der Waals surface area contributed by atoms with Crippen molar-refractivity contribution in [1.82, 2.24) is 0 Å². The lowest BCUT2D eigenvalue weighted by Crippen LogP contribution is -2.30. The Kier molecular flexibility index (Phi) is 54.3. The van der Waals surface area contributed by atoms with Crippen LogP contribution >= 0.6 is 0 Å². The summed E-state index contributed by atoms with van der Waals surface area (Å²) in [7, 11) is 0. The predicted octanol–water partition coefficient (Wildman–Crippen LogP) is 19.5. The standard InChI is InChI=1S/C63H108O6/c1-4-7-10-13-16-19-21-23-25-26-27-28-29-30-31-32-33-34-35-36-38-39-41-44-47-50-53-56-62(65)68-59-60(58-67-61(64)55-52-49-46-43-18-15-12-9-6-3)69-63(66)57-54-51-48-45-42-40-37-24-22-20-17-14-11-8-5-2/h7,10,16,19,23,25,27-28,30-31,33-34,36,38,60H,4-6,8-9,11-15,17-18,20-22,24,26,29,32,35,37,39-59H2,1-3H3/b10-7-,19-16-,25-23-,28-27-,31-30-,34-33-,38-36-. The highest BCUT2D eigenvalue weighted by atomic mass is 16.6. The first-order valence-electron chi connectivity index (χ1n) is 29.1. The highest BCUT2D eigenvalue weighted by molar-refractivity contribution is 5.71. The van der Waals surface area contributed by atoms with Crippen molar-refractivity contribution in [3.63, 3.8) is 0 Å². The topological polar surface area (TPSA) is 78.9 Å². The van der Waals surface area contributed by atoms with Crippen LogP contribution < -0.4 is 0 Å². The van der Waals surface area contributed by atoms with Gasteiger partial charge in [0.25, 0.3) is 0 Å². The summed E-state index contributed by atoms with van der Waals surface area (Å²) in [6.45, 7) is 6.51. The minimum atomic E-state index is -0.780. The molecule has 0 bridgehead atoms. The number of rotatable bonds is 52. The molecule has 0 heterocycles. The third-order valence-corrected chi connectivity index (χ3v) is 12.4. The molecule has 6 nitrogen and oxygen atoms in total. The van der Waals surface area contributed by atoms with Crippen molar-refractivity contribution in [2.24, 2.45) is 0 Å². The van der Waals surface area contributed by atoms with Gasteiger partial charge in [0.15, 0.2) is 6.10 Å². The van der Waals surface area contributed by atoms with Crippen molar-refractivity contribution in [2.75, 3.05) is 13.2 Å². The van der Waals surface area contributed by atoms with Gasteiger partial charge in [-0.15, -0.1) is 0 Å². The van der Waals surface area contributed by atoms with Crippen LogP contribution in [0, 0.1) is 0 Å². The summed E-state index contributed by atoms with van der Waals surface area (Å²) in [6, 6.07) is 0. The van der Waals surface area contributed by atoms with Crippen LogP contribution in [0.2, 0.25) is 0 Å². The molecule has 0 N–H and O–H groups in total. The summed E-state index contributed by atoms with van der Waals surface area (Å²) in [5.74, 6) is -0.894. The van der Waals surface area contributed by atoms with Crippen LogP contribution in [-0.2, 0) is 28.6 Å². The molecule has 0 aromatic carbocycles. The van der Waals surface area contributed by atoms with Gasteiger partial charge in [0.2, 0.25) is 0 Å². The van der Waals surface area contributed by atoms with Gasteiger partial charge < -0.3 is 14.2 Å². The fourth-order valence-corrected chi connectivity index (χ4v) is 8.07. The number of carbonyl (C=O) groups is 3. The summed E-state index contributed by atoms with van der Waals surface area (Å²) in [6.07, 6.45) is 74.4. The minimum Gasteiger partial charge on any atom is -0.462 e. The van der Waals surface area contributed by atoms with Crippen molar-refractivity contribution in [3.8, 4) is 0 Å². The molecule has 396 valence electrons. The number of carbonyl (C=O) groups excluding carboxylic acids is 3. The molecule has 0 spiro atoms. The average Bonchev–Trinajstić information content (AvgIpc) is 3.35. The summed E-state index contributed by atoms with van der Waals surface area (Å²) in [4.78, 5) is 38.0. The molecule has 0 aromatic rings. The second kappa shape index (κ2) is 57.2. The van der Waals surface area contributed by atoms with E-state index >= 15 is 0 Å². The molecule has 0 rings (SSSR count). The first kappa shape index (κ1) is 65.6. The number of esters is 3. The fraction of sp³-hybridized carbons (Fsp3) is 0.730. The molecule has 0 fully saturated rings. The quantitative estimate of drug-likeness (QED) is 0.0262. The average molecular weight is 962 g/mol. The Bertz CT molecular complexity index is 1330. The molecule has 0 aliphatic heterocycles. The number of hydrogen-bond acceptors (Lipinski definition) is 6. The van der Waals surface area contributed by atoms with Crippen LogP contribution in [0.5, 0.6) is 0 Å². The molecule has 0 saturated heterocycles. The van der Waals surface area contributed by atoms with E-state index in [0.717, 1.165) is 122 Å². The van der Waals surface area contributed by atoms with Crippen LogP contribution in [0.15, 0.2) is 85.1 Å². The molecule has 1 unspecified atom stereocenters. The second-order valence-corrected chi connectivity index (χ2v) is 19.2. The largest absolute Gasteiger partial charge is 0.462 e. The lowest BCUT2D eigenvalue weighted by atomic mass is 10.0. The summed E-state index contributed by atoms with van der Waals surface area (Å²) in [5.41, 5.74) is 0. The molecule has 0 amide bonds. The van der Waals surface area contributed by atoms with Gasteiger partial charge in [-0.05, 0) is 77.0 Å². The van der Waals surface area contributed by atoms with Gasteiger partial charge in [-0.25, -0.2) is 0 Å². The monoisotopic (exact) mass is 961 g/mol. The molecule has 6 heteroatoms. The van der Waals surface area contributed by atoms with E-state index in [1.165, 1.54) is 116 Å². The maximum absolute atomic E-state index is 12.8. The van der Waals surface area contributed by atoms with Crippen molar-refractivity contribution in [2.45, 2.75) is 284 Å². The van der Waals surface area contributed by atoms with Crippen LogP contribution in [0.4, 0.5) is 0 Å². The molecular formula is C63H108O6. The summed E-state index contributed by atoms with van der Waals surface area (Å²) >= 11 is 0. The summed E-state index contributed by atoms with van der Waals surface area (Å²) in [5, 5.41) is 0. The Balaban J connectivity index is 4.27. The van der Waals surface area contributed by atoms with E-state index in [1.807, 2.05) is 0 Å². The molecule has 69 heavy (non-hydrogen) atoms. The van der Waals surface area contributed by atoms with Crippen LogP contribution in [0.3, 0.4) is 0 Å². The molecule has 1 atom stereocenters. The molecule has 0 aliphatic rings. The van der Waals surface area contributed by atoms with Gasteiger partial charge in [-0.1, -0.05) is 266 Å². The zero-order valence-corrected chi connectivity index (χ0v) is 45.3. The Morgan fingerprint density at radius 2 is 0.565 bits per heavy atom. The van der Waals surface area contributed by atoms with Crippen molar-refractivity contribution in [1.29, 1.82) is 0 Å². The zero-order valence-electron chi connectivity index (χ0n) is 45.3. The van der Waals surface area contributed by atoms with Crippen LogP contribution in [0.25, 0.3) is 0 Å². The van der Waals surface area contributed by atoms with Gasteiger partial charge >= 0.3 is 17.9 Å². The first-order chi connectivity index (χ1) is 34.0. The molecule has 0 aromatic heterocycles. The van der Waals surface area contributed by atoms with E-state index in [4.69, 9.17) is 14.2 Å². The third kappa shape index (κ3) is 55.4. The Morgan fingerprint density at radius 1 is 0.304 bits per heavy atom. The van der Waals surface area contributed by atoms with E-state index in [2.05, 4.69) is 106 Å². The van der Waals surface area contributed by atoms with Crippen molar-refractivity contribution in [3.05, 3.63) is 85.1 Å². The van der Waals surface area contributed by atoms with E-state index in [9.17, 15) is 14.4 Å². The SMILES string of the molecule is CC/C=C\C/C=C\C/C=C\C/C=C\C/C=C\C/C=C\C/C=C\CCCCCCCC(=O)OCC(COC(=O)CCCCCCCCCCC)OC(=O)CCCCCCCCCCCCCCCCC. The normalized spacial score (nSPS) is 12.7. The van der Waals surface area contributed by atoms with E-state index in [0.29, 0.717) is 19.3 Å². The second-order valence-electron chi connectivity index (χ2n) is 19.2. The van der Waals surface area contributed by atoms with E-state index in [-0.39, 0.29) is 31.1 Å². The van der Waals surface area contributed by atoms with Gasteiger partial charge in [-0.3, -0.25) is 14.4 Å². The Hall–Kier alpha value is -3.41. The van der Waals surface area contributed by atoms with Crippen LogP contribution in [0.1, 0.15) is 278 Å². The van der Waals surface area contributed by atoms with Crippen molar-refractivity contribution < 1.29 is 28.6 Å². The zero-order chi connectivity index (χ0) is 50.0. The molecule has 0 aliphatic carbocycles. The predicted molar refractivity (Wildman–Crippen MR) is 297 cm³/mol. The maximum atomic E-state index is 12.8. The molecule has 0 radical (unpaired) electrons. The minimum absolute atomic E-state index is 0.0794. The fourth-order valence-electron chi connectivity index (χ4n) is 8.07. The molecule has 0 saturated carbocycles. The smallest absolute Gasteiger partial charge is 0.306 e. The van der Waals surface area contributed by atoms with E-state index in [1.54, 1.807) is 0 Å². The van der Waals surface area contributed by atoms with Gasteiger partial charge in [0.1, 0.15) is 13.2 Å². The van der Waals surface area contributed by atoms with Gasteiger partial charge in [-0.2, -0.15) is 0 Å². The Labute approximate surface area is 426 Å². The van der Waals surface area contributed by atoms with Gasteiger partial charge in [0.05, 0.1) is 0 Å². The number of hydrogen-bond donors (Lipinski definition) is 0. The van der Waals surface area contributed by atoms with E-state index < -0.39 is 6.10 Å². The highest BCUT2D eigenvalue weighted by Gasteiger charge is 2.19. The number of unbranched alkanes of at least 4 members (excludes halogenated alkanes) is 27.